The first-order valence-electron chi connectivity index (χ1n) is 9.80. The number of nitrogens with one attached hydrogen (secondary N) is 1. The zero-order valence-corrected chi connectivity index (χ0v) is 17.2. The number of aromatic nitrogens is 4. The predicted molar refractivity (Wildman–Crippen MR) is 115 cm³/mol. The maximum absolute atomic E-state index is 12.8. The number of aryl methyl sites for hydroxylation is 3. The van der Waals surface area contributed by atoms with Crippen molar-refractivity contribution < 1.29 is 4.79 Å². The number of rotatable bonds is 5. The van der Waals surface area contributed by atoms with Crippen molar-refractivity contribution in [3.63, 3.8) is 0 Å². The summed E-state index contributed by atoms with van der Waals surface area (Å²) in [5, 5.41) is 16.5. The Bertz CT molecular complexity index is 1270. The van der Waals surface area contributed by atoms with Gasteiger partial charge in [0, 0.05) is 17.8 Å². The Morgan fingerprint density at radius 1 is 1.13 bits per heavy atom. The molecule has 1 N–H and O–H groups in total. The molecule has 0 saturated carbocycles. The molecule has 0 atom stereocenters. The van der Waals surface area contributed by atoms with Gasteiger partial charge in [0.05, 0.1) is 34.9 Å². The molecule has 0 spiro atoms. The number of carbonyl (C=O) groups is 1. The third-order valence-corrected chi connectivity index (χ3v) is 5.07. The van der Waals surface area contributed by atoms with Gasteiger partial charge in [-0.3, -0.25) is 14.8 Å². The van der Waals surface area contributed by atoms with Crippen molar-refractivity contribution in [3.8, 4) is 6.07 Å². The molecule has 150 valence electrons. The fourth-order valence-corrected chi connectivity index (χ4v) is 3.56. The molecule has 0 aliphatic heterocycles. The Morgan fingerprint density at radius 3 is 2.53 bits per heavy atom. The van der Waals surface area contributed by atoms with Crippen molar-refractivity contribution in [1.29, 1.82) is 5.26 Å². The summed E-state index contributed by atoms with van der Waals surface area (Å²) >= 11 is 0. The molecule has 0 fully saturated rings. The molecule has 4 aromatic rings. The number of hydrogen-bond acceptors (Lipinski definition) is 4. The third-order valence-electron chi connectivity index (χ3n) is 5.07. The summed E-state index contributed by atoms with van der Waals surface area (Å²) in [7, 11) is 0. The van der Waals surface area contributed by atoms with Crippen LogP contribution >= 0.6 is 0 Å². The lowest BCUT2D eigenvalue weighted by atomic mass is 10.1. The van der Waals surface area contributed by atoms with E-state index in [0.29, 0.717) is 35.7 Å². The van der Waals surface area contributed by atoms with E-state index >= 15 is 0 Å². The van der Waals surface area contributed by atoms with Crippen LogP contribution < -0.4 is 5.32 Å². The van der Waals surface area contributed by atoms with Gasteiger partial charge in [0.25, 0.3) is 5.91 Å². The number of fused-ring (bicyclic) bond motifs is 1. The van der Waals surface area contributed by atoms with Gasteiger partial charge in [-0.15, -0.1) is 0 Å². The lowest BCUT2D eigenvalue weighted by molar-refractivity contribution is 0.102. The average molecular weight is 398 g/mol. The number of anilines is 1. The van der Waals surface area contributed by atoms with E-state index in [2.05, 4.69) is 21.5 Å². The van der Waals surface area contributed by atoms with Gasteiger partial charge in [0.15, 0.2) is 0 Å². The average Bonchev–Trinajstić information content (AvgIpc) is 3.25. The molecule has 0 saturated heterocycles. The van der Waals surface area contributed by atoms with Crippen LogP contribution in [0.3, 0.4) is 0 Å². The van der Waals surface area contributed by atoms with Crippen molar-refractivity contribution >= 4 is 22.9 Å². The monoisotopic (exact) mass is 398 g/mol. The first kappa shape index (κ1) is 19.4. The van der Waals surface area contributed by atoms with Crippen molar-refractivity contribution in [3.05, 3.63) is 76.6 Å². The van der Waals surface area contributed by atoms with E-state index in [0.717, 1.165) is 22.5 Å². The van der Waals surface area contributed by atoms with E-state index in [-0.39, 0.29) is 5.91 Å². The lowest BCUT2D eigenvalue weighted by Gasteiger charge is -2.09. The van der Waals surface area contributed by atoms with E-state index < -0.39 is 0 Å². The van der Waals surface area contributed by atoms with Gasteiger partial charge in [0.1, 0.15) is 0 Å². The molecule has 30 heavy (non-hydrogen) atoms. The maximum atomic E-state index is 12.8. The van der Waals surface area contributed by atoms with Gasteiger partial charge in [-0.2, -0.15) is 10.4 Å². The Morgan fingerprint density at radius 2 is 1.90 bits per heavy atom. The second kappa shape index (κ2) is 7.84. The third kappa shape index (κ3) is 3.67. The topological polar surface area (TPSA) is 88.5 Å². The highest BCUT2D eigenvalue weighted by molar-refractivity contribution is 6.04. The van der Waals surface area contributed by atoms with Gasteiger partial charge >= 0.3 is 0 Å². The molecule has 1 amide bonds. The van der Waals surface area contributed by atoms with E-state index in [9.17, 15) is 4.79 Å². The van der Waals surface area contributed by atoms with E-state index in [4.69, 9.17) is 5.26 Å². The number of amides is 1. The standard InChI is InChI=1S/C23H22N6O/c1-4-28-21-10-7-18(13-24)12-20(21)25-23(28)26-22(30)19-8-5-17(6-9-19)14-29-16(3)11-15(2)27-29/h5-12H,4,14H2,1-3H3,(H,25,26,30). The van der Waals surface area contributed by atoms with Crippen LogP contribution in [0.2, 0.25) is 0 Å². The van der Waals surface area contributed by atoms with Crippen molar-refractivity contribution in [2.75, 3.05) is 5.32 Å². The Kier molecular flexibility index (Phi) is 5.07. The molecule has 0 bridgehead atoms. The largest absolute Gasteiger partial charge is 0.310 e. The zero-order valence-electron chi connectivity index (χ0n) is 17.2. The number of nitrogens with zero attached hydrogens (tertiary/aromatic N) is 5. The number of hydrogen-bond donors (Lipinski definition) is 1. The molecule has 0 aliphatic carbocycles. The fraction of sp³-hybridized carbons (Fsp3) is 0.217. The lowest BCUT2D eigenvalue weighted by Crippen LogP contribution is -2.16. The molecule has 4 rings (SSSR count). The SMILES string of the molecule is CCn1c(NC(=O)c2ccc(Cn3nc(C)cc3C)cc2)nc2cc(C#N)ccc21. The molecule has 0 radical (unpaired) electrons. The minimum absolute atomic E-state index is 0.224. The van der Waals surface area contributed by atoms with Crippen LogP contribution in [0.1, 0.15) is 39.8 Å². The summed E-state index contributed by atoms with van der Waals surface area (Å²) in [6.07, 6.45) is 0. The van der Waals surface area contributed by atoms with Crippen LogP contribution in [0.4, 0.5) is 5.95 Å². The van der Waals surface area contributed by atoms with Crippen LogP contribution in [-0.2, 0) is 13.1 Å². The number of carbonyl (C=O) groups excluding carboxylic acids is 1. The molecule has 7 heteroatoms. The highest BCUT2D eigenvalue weighted by atomic mass is 16.1. The van der Waals surface area contributed by atoms with Crippen LogP contribution in [0.5, 0.6) is 0 Å². The molecule has 0 unspecified atom stereocenters. The number of imidazole rings is 1. The van der Waals surface area contributed by atoms with Crippen molar-refractivity contribution in [1.82, 2.24) is 19.3 Å². The molecular weight excluding hydrogens is 376 g/mol. The molecular formula is C23H22N6O. The van der Waals surface area contributed by atoms with Gasteiger partial charge in [0.2, 0.25) is 5.95 Å². The molecule has 2 aromatic heterocycles. The normalized spacial score (nSPS) is 10.9. The van der Waals surface area contributed by atoms with E-state index in [1.165, 1.54) is 0 Å². The van der Waals surface area contributed by atoms with Crippen molar-refractivity contribution in [2.24, 2.45) is 0 Å². The van der Waals surface area contributed by atoms with Gasteiger partial charge < -0.3 is 4.57 Å². The Labute approximate surface area is 174 Å². The number of nitriles is 1. The molecule has 0 aliphatic rings. The second-order valence-electron chi connectivity index (χ2n) is 7.23. The highest BCUT2D eigenvalue weighted by Crippen LogP contribution is 2.21. The van der Waals surface area contributed by atoms with Crippen molar-refractivity contribution in [2.45, 2.75) is 33.9 Å². The summed E-state index contributed by atoms with van der Waals surface area (Å²) in [5.74, 6) is 0.248. The van der Waals surface area contributed by atoms with Crippen LogP contribution in [0, 0.1) is 25.2 Å². The maximum Gasteiger partial charge on any atom is 0.257 e. The van der Waals surface area contributed by atoms with Crippen LogP contribution in [0.15, 0.2) is 48.5 Å². The minimum Gasteiger partial charge on any atom is -0.310 e. The smallest absolute Gasteiger partial charge is 0.257 e. The van der Waals surface area contributed by atoms with Gasteiger partial charge in [-0.25, -0.2) is 4.98 Å². The summed E-state index contributed by atoms with van der Waals surface area (Å²) in [5.41, 5.74) is 5.83. The second-order valence-corrected chi connectivity index (χ2v) is 7.23. The summed E-state index contributed by atoms with van der Waals surface area (Å²) in [6.45, 7) is 7.31. The zero-order chi connectivity index (χ0) is 21.3. The minimum atomic E-state index is -0.224. The Hall–Kier alpha value is -3.92. The Balaban J connectivity index is 1.54. The first-order chi connectivity index (χ1) is 14.5. The quantitative estimate of drug-likeness (QED) is 0.549. The van der Waals surface area contributed by atoms with Crippen LogP contribution in [-0.4, -0.2) is 25.2 Å². The van der Waals surface area contributed by atoms with Crippen LogP contribution in [0.25, 0.3) is 11.0 Å². The predicted octanol–water partition coefficient (Wildman–Crippen LogP) is 4.04. The van der Waals surface area contributed by atoms with Gasteiger partial charge in [-0.05, 0) is 62.7 Å². The molecule has 2 heterocycles. The summed E-state index contributed by atoms with van der Waals surface area (Å²) in [4.78, 5) is 17.3. The summed E-state index contributed by atoms with van der Waals surface area (Å²) in [6, 6.07) is 17.0. The van der Waals surface area contributed by atoms with E-state index in [1.54, 1.807) is 12.1 Å². The fourth-order valence-electron chi connectivity index (χ4n) is 3.56. The molecule has 7 nitrogen and oxygen atoms in total. The number of benzene rings is 2. The van der Waals surface area contributed by atoms with E-state index in [1.807, 2.05) is 66.4 Å². The van der Waals surface area contributed by atoms with Gasteiger partial charge in [-0.1, -0.05) is 12.1 Å². The molecule has 2 aromatic carbocycles. The highest BCUT2D eigenvalue weighted by Gasteiger charge is 2.14. The summed E-state index contributed by atoms with van der Waals surface area (Å²) < 4.78 is 3.87. The first-order valence-corrected chi connectivity index (χ1v) is 9.80.